The van der Waals surface area contributed by atoms with Crippen LogP contribution in [0, 0.1) is 5.82 Å². The van der Waals surface area contributed by atoms with E-state index >= 15 is 0 Å². The van der Waals surface area contributed by atoms with Crippen molar-refractivity contribution in [3.8, 4) is 0 Å². The zero-order valence-corrected chi connectivity index (χ0v) is 16.7. The lowest BCUT2D eigenvalue weighted by Crippen LogP contribution is -2.27. The molecule has 2 heterocycles. The van der Waals surface area contributed by atoms with E-state index in [2.05, 4.69) is 39.5 Å². The third-order valence-corrected chi connectivity index (χ3v) is 4.72. The molecular formula is C19H23FN6OS. The quantitative estimate of drug-likeness (QED) is 0.422. The van der Waals surface area contributed by atoms with Crippen LogP contribution in [0.3, 0.4) is 0 Å². The van der Waals surface area contributed by atoms with Crippen LogP contribution in [0.5, 0.6) is 0 Å². The standard InChI is InChI=1S/C19H23FN6OS/c1-3-8-21-16-15-12-23-26(17(15)25-19(24-16)28-4-2)10-9-22-18(27)13-6-5-7-14(20)11-13/h5-7,11-12H,3-4,8-10H2,1-2H3,(H,22,27)(H,21,24,25). The summed E-state index contributed by atoms with van der Waals surface area (Å²) in [6.45, 7) is 5.76. The molecule has 3 aromatic rings. The van der Waals surface area contributed by atoms with Crippen molar-refractivity contribution in [1.82, 2.24) is 25.1 Å². The zero-order valence-electron chi connectivity index (χ0n) is 15.9. The van der Waals surface area contributed by atoms with Gasteiger partial charge in [0.2, 0.25) is 0 Å². The number of carbonyl (C=O) groups excluding carboxylic acids is 1. The molecule has 0 aliphatic rings. The first-order valence-corrected chi connectivity index (χ1v) is 10.2. The summed E-state index contributed by atoms with van der Waals surface area (Å²) in [5.41, 5.74) is 1.02. The van der Waals surface area contributed by atoms with Crippen molar-refractivity contribution in [2.45, 2.75) is 32.0 Å². The molecule has 3 rings (SSSR count). The number of rotatable bonds is 9. The van der Waals surface area contributed by atoms with E-state index in [9.17, 15) is 9.18 Å². The van der Waals surface area contributed by atoms with Crippen LogP contribution < -0.4 is 10.6 Å². The Morgan fingerprint density at radius 2 is 2.11 bits per heavy atom. The largest absolute Gasteiger partial charge is 0.369 e. The number of nitrogens with zero attached hydrogens (tertiary/aromatic N) is 4. The molecule has 1 aromatic carbocycles. The van der Waals surface area contributed by atoms with Gasteiger partial charge in [-0.2, -0.15) is 5.10 Å². The highest BCUT2D eigenvalue weighted by atomic mass is 32.2. The Hall–Kier alpha value is -2.68. The Bertz CT molecular complexity index is 961. The molecule has 0 radical (unpaired) electrons. The Labute approximate surface area is 167 Å². The van der Waals surface area contributed by atoms with Crippen molar-refractivity contribution in [3.63, 3.8) is 0 Å². The number of halogens is 1. The highest BCUT2D eigenvalue weighted by Gasteiger charge is 2.13. The zero-order chi connectivity index (χ0) is 19.9. The molecule has 0 fully saturated rings. The van der Waals surface area contributed by atoms with Crippen LogP contribution in [-0.4, -0.2) is 44.5 Å². The number of thioether (sulfide) groups is 1. The van der Waals surface area contributed by atoms with Gasteiger partial charge in [-0.3, -0.25) is 4.79 Å². The van der Waals surface area contributed by atoms with Gasteiger partial charge >= 0.3 is 0 Å². The van der Waals surface area contributed by atoms with E-state index < -0.39 is 5.82 Å². The fourth-order valence-corrected chi connectivity index (χ4v) is 3.24. The highest BCUT2D eigenvalue weighted by Crippen LogP contribution is 2.24. The Kier molecular flexibility index (Phi) is 6.80. The van der Waals surface area contributed by atoms with Crippen molar-refractivity contribution in [1.29, 1.82) is 0 Å². The van der Waals surface area contributed by atoms with Crippen LogP contribution in [0.1, 0.15) is 30.6 Å². The van der Waals surface area contributed by atoms with Crippen molar-refractivity contribution in [2.75, 3.05) is 24.2 Å². The number of aromatic nitrogens is 4. The van der Waals surface area contributed by atoms with Crippen LogP contribution in [0.15, 0.2) is 35.6 Å². The molecule has 0 saturated heterocycles. The summed E-state index contributed by atoms with van der Waals surface area (Å²) in [5, 5.41) is 12.1. The molecule has 7 nitrogen and oxygen atoms in total. The number of hydrogen-bond donors (Lipinski definition) is 2. The molecule has 0 unspecified atom stereocenters. The molecule has 9 heteroatoms. The molecule has 0 bridgehead atoms. The monoisotopic (exact) mass is 402 g/mol. The number of anilines is 1. The second kappa shape index (κ2) is 9.50. The van der Waals surface area contributed by atoms with E-state index in [-0.39, 0.29) is 5.91 Å². The summed E-state index contributed by atoms with van der Waals surface area (Å²) in [5.74, 6) is 0.891. The number of fused-ring (bicyclic) bond motifs is 1. The van der Waals surface area contributed by atoms with E-state index in [1.807, 2.05) is 0 Å². The number of amides is 1. The molecule has 2 aromatic heterocycles. The average Bonchev–Trinajstić information content (AvgIpc) is 3.09. The second-order valence-corrected chi connectivity index (χ2v) is 7.32. The summed E-state index contributed by atoms with van der Waals surface area (Å²) in [6, 6.07) is 5.61. The van der Waals surface area contributed by atoms with Gasteiger partial charge in [-0.1, -0.05) is 31.7 Å². The maximum absolute atomic E-state index is 13.3. The van der Waals surface area contributed by atoms with Crippen molar-refractivity contribution in [3.05, 3.63) is 41.8 Å². The van der Waals surface area contributed by atoms with Crippen LogP contribution in [0.4, 0.5) is 10.2 Å². The number of nitrogens with one attached hydrogen (secondary N) is 2. The van der Waals surface area contributed by atoms with Gasteiger partial charge in [-0.25, -0.2) is 19.0 Å². The van der Waals surface area contributed by atoms with Gasteiger partial charge in [0.05, 0.1) is 18.1 Å². The minimum Gasteiger partial charge on any atom is -0.369 e. The van der Waals surface area contributed by atoms with Crippen molar-refractivity contribution < 1.29 is 9.18 Å². The predicted molar refractivity (Wildman–Crippen MR) is 109 cm³/mol. The topological polar surface area (TPSA) is 84.7 Å². The van der Waals surface area contributed by atoms with Gasteiger partial charge in [0.15, 0.2) is 10.8 Å². The molecule has 28 heavy (non-hydrogen) atoms. The van der Waals surface area contributed by atoms with E-state index in [0.29, 0.717) is 23.8 Å². The summed E-state index contributed by atoms with van der Waals surface area (Å²) >= 11 is 1.57. The van der Waals surface area contributed by atoms with Crippen molar-refractivity contribution in [2.24, 2.45) is 0 Å². The minimum absolute atomic E-state index is 0.292. The van der Waals surface area contributed by atoms with Crippen molar-refractivity contribution >= 4 is 34.5 Å². The summed E-state index contributed by atoms with van der Waals surface area (Å²) in [4.78, 5) is 21.3. The first-order chi connectivity index (χ1) is 13.6. The SMILES string of the molecule is CCCNc1nc(SCC)nc2c1cnn2CCNC(=O)c1cccc(F)c1. The van der Waals surface area contributed by atoms with Crippen LogP contribution in [-0.2, 0) is 6.54 Å². The molecule has 0 aliphatic heterocycles. The van der Waals surface area contributed by atoms with Gasteiger partial charge in [0.25, 0.3) is 5.91 Å². The van der Waals surface area contributed by atoms with E-state index in [1.54, 1.807) is 28.7 Å². The molecule has 0 spiro atoms. The second-order valence-electron chi connectivity index (χ2n) is 6.09. The van der Waals surface area contributed by atoms with Crippen LogP contribution >= 0.6 is 11.8 Å². The first-order valence-electron chi connectivity index (χ1n) is 9.26. The molecule has 0 aliphatic carbocycles. The lowest BCUT2D eigenvalue weighted by molar-refractivity contribution is 0.0951. The highest BCUT2D eigenvalue weighted by molar-refractivity contribution is 7.99. The Balaban J connectivity index is 1.73. The van der Waals surface area contributed by atoms with E-state index in [4.69, 9.17) is 0 Å². The lowest BCUT2D eigenvalue weighted by Gasteiger charge is -2.09. The number of carbonyl (C=O) groups is 1. The maximum atomic E-state index is 13.3. The number of benzene rings is 1. The fraction of sp³-hybridized carbons (Fsp3) is 0.368. The minimum atomic E-state index is -0.435. The third kappa shape index (κ3) is 4.78. The lowest BCUT2D eigenvalue weighted by atomic mass is 10.2. The fourth-order valence-electron chi connectivity index (χ4n) is 2.68. The van der Waals surface area contributed by atoms with Gasteiger partial charge in [0, 0.05) is 18.7 Å². The summed E-state index contributed by atoms with van der Waals surface area (Å²) in [6.07, 6.45) is 2.73. The van der Waals surface area contributed by atoms with E-state index in [0.717, 1.165) is 35.6 Å². The van der Waals surface area contributed by atoms with Gasteiger partial charge in [-0.15, -0.1) is 0 Å². The average molecular weight is 402 g/mol. The third-order valence-electron chi connectivity index (χ3n) is 3.99. The molecule has 1 amide bonds. The normalized spacial score (nSPS) is 11.0. The van der Waals surface area contributed by atoms with Crippen LogP contribution in [0.2, 0.25) is 0 Å². The Morgan fingerprint density at radius 3 is 2.86 bits per heavy atom. The molecular weight excluding hydrogens is 379 g/mol. The molecule has 0 saturated carbocycles. The Morgan fingerprint density at radius 1 is 1.25 bits per heavy atom. The van der Waals surface area contributed by atoms with Crippen LogP contribution in [0.25, 0.3) is 11.0 Å². The molecule has 0 atom stereocenters. The summed E-state index contributed by atoms with van der Waals surface area (Å²) in [7, 11) is 0. The predicted octanol–water partition coefficient (Wildman–Crippen LogP) is 3.33. The summed E-state index contributed by atoms with van der Waals surface area (Å²) < 4.78 is 15.0. The van der Waals surface area contributed by atoms with Gasteiger partial charge in [-0.05, 0) is 30.4 Å². The van der Waals surface area contributed by atoms with Gasteiger partial charge in [0.1, 0.15) is 11.6 Å². The number of hydrogen-bond acceptors (Lipinski definition) is 6. The maximum Gasteiger partial charge on any atom is 0.251 e. The molecule has 148 valence electrons. The van der Waals surface area contributed by atoms with Gasteiger partial charge < -0.3 is 10.6 Å². The smallest absolute Gasteiger partial charge is 0.251 e. The first kappa shape index (κ1) is 20.1. The van der Waals surface area contributed by atoms with E-state index in [1.165, 1.54) is 18.2 Å². The molecule has 2 N–H and O–H groups in total.